The molecule has 0 amide bonds. The van der Waals surface area contributed by atoms with Crippen LogP contribution in [-0.4, -0.2) is 110 Å². The molecule has 4 aromatic rings. The topological polar surface area (TPSA) is 94.0 Å². The summed E-state index contributed by atoms with van der Waals surface area (Å²) in [5.41, 5.74) is 1.05. The van der Waals surface area contributed by atoms with E-state index in [9.17, 15) is 17.6 Å². The maximum absolute atomic E-state index is 15.9. The highest BCUT2D eigenvalue weighted by Crippen LogP contribution is 2.40. The molecule has 0 unspecified atom stereocenters. The van der Waals surface area contributed by atoms with E-state index in [4.69, 9.17) is 21.1 Å². The second kappa shape index (κ2) is 17.8. The molecule has 1 aromatic heterocycles. The van der Waals surface area contributed by atoms with Gasteiger partial charge in [-0.15, -0.1) is 0 Å². The SMILES string of the molecule is COC(=O)[C@@H](C)N(CCC[N+]12CCN(CC1)CC2)S(=O)(=O)c1cc(F)c(CSc2ncc(C(C)(C)c3ccc(Cl)c(OC)c3)n2-c2ccc(F)cc2)c(F)c1.[Br-]. The quantitative estimate of drug-likeness (QED) is 0.102. The maximum atomic E-state index is 15.9. The number of hydrogen-bond acceptors (Lipinski definition) is 8. The number of nitrogens with zero attached hydrogens (tertiary/aromatic N) is 5. The Morgan fingerprint density at radius 2 is 1.64 bits per heavy atom. The second-order valence-electron chi connectivity index (χ2n) is 14.6. The summed E-state index contributed by atoms with van der Waals surface area (Å²) < 4.78 is 87.9. The van der Waals surface area contributed by atoms with Gasteiger partial charge in [0.15, 0.2) is 5.16 Å². The summed E-state index contributed by atoms with van der Waals surface area (Å²) in [4.78, 5) is 19.1. The first kappa shape index (κ1) is 44.0. The first-order chi connectivity index (χ1) is 26.1. The van der Waals surface area contributed by atoms with Gasteiger partial charge in [-0.3, -0.25) is 14.3 Å². The third kappa shape index (κ3) is 8.96. The summed E-state index contributed by atoms with van der Waals surface area (Å²) in [6, 6.07) is 11.6. The fraction of sp³-hybridized carbons (Fsp3) is 0.436. The van der Waals surface area contributed by atoms with Crippen LogP contribution < -0.4 is 21.7 Å². The van der Waals surface area contributed by atoms with Crippen molar-refractivity contribution in [1.29, 1.82) is 0 Å². The van der Waals surface area contributed by atoms with Crippen LogP contribution in [0.5, 0.6) is 5.75 Å². The zero-order valence-corrected chi connectivity index (χ0v) is 35.9. The summed E-state index contributed by atoms with van der Waals surface area (Å²) in [6.07, 6.45) is 2.12. The molecule has 3 aromatic carbocycles. The molecular weight excluding hydrogens is 855 g/mol. The summed E-state index contributed by atoms with van der Waals surface area (Å²) >= 11 is 7.34. The fourth-order valence-electron chi connectivity index (χ4n) is 7.49. The van der Waals surface area contributed by atoms with Crippen LogP contribution in [-0.2, 0) is 30.7 Å². The molecule has 7 rings (SSSR count). The van der Waals surface area contributed by atoms with E-state index >= 15 is 8.78 Å². The monoisotopic (exact) mass is 899 g/mol. The van der Waals surface area contributed by atoms with Crippen molar-refractivity contribution in [1.82, 2.24) is 18.8 Å². The number of halogens is 5. The Bertz CT molecular complexity index is 2110. The number of quaternary nitrogens is 1. The number of rotatable bonds is 15. The lowest BCUT2D eigenvalue weighted by Crippen LogP contribution is -3.00. The molecule has 4 heterocycles. The molecule has 0 saturated carbocycles. The van der Waals surface area contributed by atoms with Gasteiger partial charge in [0.1, 0.15) is 29.2 Å². The molecule has 3 saturated heterocycles. The summed E-state index contributed by atoms with van der Waals surface area (Å²) in [7, 11) is -1.84. The highest BCUT2D eigenvalue weighted by Gasteiger charge is 2.40. The van der Waals surface area contributed by atoms with E-state index < -0.39 is 49.8 Å². The highest BCUT2D eigenvalue weighted by atomic mass is 79.9. The van der Waals surface area contributed by atoms with E-state index in [1.54, 1.807) is 29.0 Å². The standard InChI is InChI=1S/C39H46ClF3N5O5S2.BrH/c1-26(37(49)53-5)46(13-6-17-48-18-14-45(15-19-48)16-20-48)55(50,51)30-22-33(42)31(34(43)23-30)25-54-38-44-24-36(47(38)29-10-8-28(41)9-11-29)39(2,3)27-7-12-32(40)35(21-27)52-4;/h7-12,21-24,26H,6,13-20,25H2,1-5H3;1H/q+1;/p-1/t26-;/m1./s1. The molecule has 0 spiro atoms. The molecule has 304 valence electrons. The van der Waals surface area contributed by atoms with Crippen molar-refractivity contribution in [2.24, 2.45) is 0 Å². The molecule has 0 radical (unpaired) electrons. The van der Waals surface area contributed by atoms with Gasteiger partial charge in [-0.25, -0.2) is 26.6 Å². The minimum atomic E-state index is -4.53. The van der Waals surface area contributed by atoms with Gasteiger partial charge in [0, 0.05) is 55.0 Å². The van der Waals surface area contributed by atoms with Crippen molar-refractivity contribution < 1.29 is 57.3 Å². The van der Waals surface area contributed by atoms with Crippen LogP contribution >= 0.6 is 23.4 Å². The fourth-order valence-corrected chi connectivity index (χ4v) is 10.3. The third-order valence-corrected chi connectivity index (χ3v) is 14.3. The molecule has 0 aliphatic carbocycles. The van der Waals surface area contributed by atoms with Gasteiger partial charge in [-0.1, -0.05) is 43.3 Å². The van der Waals surface area contributed by atoms with Crippen molar-refractivity contribution in [3.8, 4) is 11.4 Å². The van der Waals surface area contributed by atoms with E-state index in [0.717, 1.165) is 84.1 Å². The van der Waals surface area contributed by atoms with Crippen LogP contribution in [0.4, 0.5) is 13.2 Å². The average molecular weight is 901 g/mol. The number of esters is 1. The molecule has 2 bridgehead atoms. The van der Waals surface area contributed by atoms with Gasteiger partial charge in [-0.05, 0) is 61.0 Å². The van der Waals surface area contributed by atoms with Gasteiger partial charge < -0.3 is 30.9 Å². The number of carbonyl (C=O) groups excluding carboxylic acids is 1. The molecule has 3 aliphatic rings. The number of carbonyl (C=O) groups is 1. The van der Waals surface area contributed by atoms with E-state index in [0.29, 0.717) is 33.7 Å². The second-order valence-corrected chi connectivity index (χ2v) is 17.9. The van der Waals surface area contributed by atoms with E-state index in [1.165, 1.54) is 33.3 Å². The molecule has 10 nitrogen and oxygen atoms in total. The van der Waals surface area contributed by atoms with Crippen LogP contribution in [0.3, 0.4) is 0 Å². The number of ether oxygens (including phenoxy) is 2. The number of hydrogen-bond donors (Lipinski definition) is 0. The molecule has 56 heavy (non-hydrogen) atoms. The van der Waals surface area contributed by atoms with Gasteiger partial charge >= 0.3 is 5.97 Å². The molecular formula is C39H46BrClF3N5O5S2. The van der Waals surface area contributed by atoms with Crippen molar-refractivity contribution in [2.75, 3.05) is 66.6 Å². The Morgan fingerprint density at radius 3 is 2.23 bits per heavy atom. The van der Waals surface area contributed by atoms with E-state index in [2.05, 4.69) is 9.88 Å². The largest absolute Gasteiger partial charge is 1.00 e. The maximum Gasteiger partial charge on any atom is 0.323 e. The zero-order valence-electron chi connectivity index (χ0n) is 31.9. The number of fused-ring (bicyclic) bond motifs is 3. The Hall–Kier alpha value is -3.12. The Morgan fingerprint density at radius 1 is 1.02 bits per heavy atom. The van der Waals surface area contributed by atoms with Crippen LogP contribution in [0.15, 0.2) is 70.8 Å². The lowest BCUT2D eigenvalue weighted by Gasteiger charge is -2.50. The van der Waals surface area contributed by atoms with Crippen LogP contribution in [0, 0.1) is 17.5 Å². The van der Waals surface area contributed by atoms with Crippen LogP contribution in [0.25, 0.3) is 5.69 Å². The Balaban J connectivity index is 0.00000600. The molecule has 1 atom stereocenters. The smallest absolute Gasteiger partial charge is 0.323 e. The van der Waals surface area contributed by atoms with E-state index in [1.807, 2.05) is 26.0 Å². The number of methoxy groups -OCH3 is 2. The molecule has 3 aliphatic heterocycles. The molecule has 17 heteroatoms. The Labute approximate surface area is 346 Å². The molecule has 0 N–H and O–H groups in total. The van der Waals surface area contributed by atoms with Crippen molar-refractivity contribution >= 4 is 39.4 Å². The normalized spacial score (nSPS) is 18.8. The number of sulfonamides is 1. The van der Waals surface area contributed by atoms with Gasteiger partial charge in [0.05, 0.1) is 62.2 Å². The molecule has 3 fully saturated rings. The number of thioether (sulfide) groups is 1. The van der Waals surface area contributed by atoms with Crippen molar-refractivity contribution in [3.63, 3.8) is 0 Å². The Kier molecular flexibility index (Phi) is 14.0. The summed E-state index contributed by atoms with van der Waals surface area (Å²) in [5, 5.41) is 0.809. The first-order valence-corrected chi connectivity index (χ1v) is 20.9. The predicted octanol–water partition coefficient (Wildman–Crippen LogP) is 3.66. The van der Waals surface area contributed by atoms with Gasteiger partial charge in [0.25, 0.3) is 0 Å². The van der Waals surface area contributed by atoms with Crippen molar-refractivity contribution in [3.05, 3.63) is 100 Å². The highest BCUT2D eigenvalue weighted by molar-refractivity contribution is 7.98. The van der Waals surface area contributed by atoms with Crippen LogP contribution in [0.1, 0.15) is 44.0 Å². The first-order valence-electron chi connectivity index (χ1n) is 18.1. The lowest BCUT2D eigenvalue weighted by atomic mass is 9.81. The number of benzene rings is 3. The number of piperazine rings is 3. The zero-order chi connectivity index (χ0) is 39.7. The van der Waals surface area contributed by atoms with Crippen molar-refractivity contribution in [2.45, 2.75) is 54.5 Å². The minimum Gasteiger partial charge on any atom is -1.00 e. The summed E-state index contributed by atoms with van der Waals surface area (Å²) in [5.74, 6) is -3.09. The van der Waals surface area contributed by atoms with Gasteiger partial charge in [0.2, 0.25) is 10.0 Å². The summed E-state index contributed by atoms with van der Waals surface area (Å²) in [6.45, 7) is 12.0. The predicted molar refractivity (Wildman–Crippen MR) is 206 cm³/mol. The third-order valence-electron chi connectivity index (χ3n) is 11.1. The van der Waals surface area contributed by atoms with Gasteiger partial charge in [-0.2, -0.15) is 4.31 Å². The van der Waals surface area contributed by atoms with Crippen LogP contribution in [0.2, 0.25) is 5.02 Å². The minimum absolute atomic E-state index is 0. The lowest BCUT2D eigenvalue weighted by molar-refractivity contribution is -0.941. The number of imidazole rings is 1. The average Bonchev–Trinajstić information content (AvgIpc) is 3.61. The number of aromatic nitrogens is 2. The van der Waals surface area contributed by atoms with E-state index in [-0.39, 0.29) is 34.8 Å².